The molecule has 0 aliphatic carbocycles. The van der Waals surface area contributed by atoms with Crippen molar-refractivity contribution in [3.05, 3.63) is 0 Å². The molecule has 19 heavy (non-hydrogen) atoms. The Kier molecular flexibility index (Phi) is 6.40. The van der Waals surface area contributed by atoms with Gasteiger partial charge in [-0.3, -0.25) is 9.13 Å². The van der Waals surface area contributed by atoms with E-state index in [4.69, 9.17) is 19.6 Å². The highest BCUT2D eigenvalue weighted by atomic mass is 31.2. The second-order valence-electron chi connectivity index (χ2n) is 4.73. The first-order valence-electron chi connectivity index (χ1n) is 5.89. The third-order valence-corrected chi connectivity index (χ3v) is 5.88. The van der Waals surface area contributed by atoms with E-state index in [-0.39, 0.29) is 25.7 Å². The molecule has 0 rings (SSSR count). The van der Waals surface area contributed by atoms with Crippen LogP contribution in [0.1, 0.15) is 46.0 Å². The quantitative estimate of drug-likeness (QED) is 0.357. The first kappa shape index (κ1) is 19.2. The fourth-order valence-corrected chi connectivity index (χ4v) is 4.02. The van der Waals surface area contributed by atoms with Crippen LogP contribution in [0, 0.1) is 0 Å². The lowest BCUT2D eigenvalue weighted by Gasteiger charge is -2.37. The standard InChI is InChI=1S/C9H22O8P2/c1-3-5-8(10,18(12,13)14)7-9(11,6-4-2)19(15,16)17/h10-11H,3-7H2,1-2H3,(H2,12,13,14)(H2,15,16,17). The minimum atomic E-state index is -5.04. The molecular weight excluding hydrogens is 298 g/mol. The van der Waals surface area contributed by atoms with Gasteiger partial charge in [0.2, 0.25) is 0 Å². The number of rotatable bonds is 8. The molecule has 0 saturated carbocycles. The summed E-state index contributed by atoms with van der Waals surface area (Å²) in [7, 11) is -10.1. The predicted molar refractivity (Wildman–Crippen MR) is 68.4 cm³/mol. The van der Waals surface area contributed by atoms with Gasteiger partial charge in [0.25, 0.3) is 0 Å². The van der Waals surface area contributed by atoms with Gasteiger partial charge in [-0.05, 0) is 12.8 Å². The summed E-state index contributed by atoms with van der Waals surface area (Å²) in [4.78, 5) is 36.6. The highest BCUT2D eigenvalue weighted by molar-refractivity contribution is 7.54. The van der Waals surface area contributed by atoms with Crippen LogP contribution in [0.25, 0.3) is 0 Å². The van der Waals surface area contributed by atoms with E-state index in [1.165, 1.54) is 0 Å². The zero-order valence-electron chi connectivity index (χ0n) is 10.9. The molecule has 0 saturated heterocycles. The monoisotopic (exact) mass is 320 g/mol. The molecule has 0 amide bonds. The van der Waals surface area contributed by atoms with E-state index in [0.717, 1.165) is 0 Å². The summed E-state index contributed by atoms with van der Waals surface area (Å²) < 4.78 is 22.7. The van der Waals surface area contributed by atoms with Gasteiger partial charge >= 0.3 is 15.2 Å². The zero-order valence-corrected chi connectivity index (χ0v) is 12.7. The maximum Gasteiger partial charge on any atom is 0.356 e. The average Bonchev–Trinajstić information content (AvgIpc) is 2.14. The van der Waals surface area contributed by atoms with Crippen molar-refractivity contribution in [2.45, 2.75) is 56.6 Å². The first-order valence-corrected chi connectivity index (χ1v) is 9.11. The van der Waals surface area contributed by atoms with E-state index in [1.54, 1.807) is 13.8 Å². The Morgan fingerprint density at radius 2 is 1.05 bits per heavy atom. The van der Waals surface area contributed by atoms with E-state index in [0.29, 0.717) is 0 Å². The van der Waals surface area contributed by atoms with Crippen molar-refractivity contribution in [1.29, 1.82) is 0 Å². The second kappa shape index (κ2) is 6.33. The first-order chi connectivity index (χ1) is 8.33. The van der Waals surface area contributed by atoms with E-state index >= 15 is 0 Å². The van der Waals surface area contributed by atoms with E-state index < -0.39 is 32.3 Å². The van der Waals surface area contributed by atoms with Crippen LogP contribution in [0.3, 0.4) is 0 Å². The molecule has 2 unspecified atom stereocenters. The predicted octanol–water partition coefficient (Wildman–Crippen LogP) is 0.709. The van der Waals surface area contributed by atoms with Crippen LogP contribution in [-0.2, 0) is 9.13 Å². The minimum absolute atomic E-state index is 0.185. The topological polar surface area (TPSA) is 156 Å². The van der Waals surface area contributed by atoms with Crippen LogP contribution in [0.4, 0.5) is 0 Å². The molecule has 0 spiro atoms. The molecule has 0 aliphatic heterocycles. The molecule has 2 atom stereocenters. The van der Waals surface area contributed by atoms with Gasteiger partial charge in [-0.15, -0.1) is 0 Å². The Labute approximate surface area is 111 Å². The Bertz CT molecular complexity index is 352. The molecular formula is C9H22O8P2. The van der Waals surface area contributed by atoms with Gasteiger partial charge in [0.1, 0.15) is 0 Å². The van der Waals surface area contributed by atoms with E-state index in [9.17, 15) is 19.3 Å². The number of aliphatic hydroxyl groups is 2. The molecule has 8 nitrogen and oxygen atoms in total. The lowest BCUT2D eigenvalue weighted by molar-refractivity contribution is -0.0110. The second-order valence-corrected chi connectivity index (χ2v) is 8.57. The number of hydrogen-bond donors (Lipinski definition) is 6. The molecule has 0 bridgehead atoms. The van der Waals surface area contributed by atoms with E-state index in [1.807, 2.05) is 0 Å². The Balaban J connectivity index is 5.54. The van der Waals surface area contributed by atoms with Crippen molar-refractivity contribution in [2.24, 2.45) is 0 Å². The summed E-state index contributed by atoms with van der Waals surface area (Å²) in [5.41, 5.74) is 0. The molecule has 0 fully saturated rings. The molecule has 0 aromatic rings. The van der Waals surface area contributed by atoms with Crippen molar-refractivity contribution < 1.29 is 38.9 Å². The smallest absolute Gasteiger partial charge is 0.356 e. The molecule has 10 heteroatoms. The van der Waals surface area contributed by atoms with E-state index in [2.05, 4.69) is 0 Å². The van der Waals surface area contributed by atoms with Crippen LogP contribution in [0.15, 0.2) is 0 Å². The Morgan fingerprint density at radius 3 is 1.21 bits per heavy atom. The summed E-state index contributed by atoms with van der Waals surface area (Å²) in [5, 5.41) is 14.7. The third kappa shape index (κ3) is 4.62. The van der Waals surface area contributed by atoms with Gasteiger partial charge in [-0.1, -0.05) is 26.7 Å². The van der Waals surface area contributed by atoms with Crippen LogP contribution >= 0.6 is 15.2 Å². The van der Waals surface area contributed by atoms with Gasteiger partial charge in [0.05, 0.1) is 0 Å². The summed E-state index contributed by atoms with van der Waals surface area (Å²) in [6.07, 6.45) is -1.45. The molecule has 0 aromatic carbocycles. The highest BCUT2D eigenvalue weighted by Gasteiger charge is 2.55. The molecule has 0 aliphatic rings. The molecule has 0 heterocycles. The Hall–Kier alpha value is 0.220. The van der Waals surface area contributed by atoms with Crippen molar-refractivity contribution in [2.75, 3.05) is 0 Å². The molecule has 116 valence electrons. The van der Waals surface area contributed by atoms with Gasteiger partial charge in [0, 0.05) is 6.42 Å². The zero-order chi connectivity index (χ0) is 15.5. The van der Waals surface area contributed by atoms with Crippen LogP contribution < -0.4 is 0 Å². The summed E-state index contributed by atoms with van der Waals surface area (Å²) >= 11 is 0. The van der Waals surface area contributed by atoms with Gasteiger partial charge in [-0.2, -0.15) is 0 Å². The van der Waals surface area contributed by atoms with Crippen molar-refractivity contribution in [1.82, 2.24) is 0 Å². The van der Waals surface area contributed by atoms with Gasteiger partial charge < -0.3 is 29.8 Å². The average molecular weight is 320 g/mol. The lowest BCUT2D eigenvalue weighted by atomic mass is 10.0. The Morgan fingerprint density at radius 1 is 0.789 bits per heavy atom. The van der Waals surface area contributed by atoms with Gasteiger partial charge in [-0.25, -0.2) is 0 Å². The van der Waals surface area contributed by atoms with Crippen molar-refractivity contribution in [3.63, 3.8) is 0 Å². The largest absolute Gasteiger partial charge is 0.377 e. The minimum Gasteiger partial charge on any atom is -0.377 e. The lowest BCUT2D eigenvalue weighted by Crippen LogP contribution is -2.41. The molecule has 0 aromatic heterocycles. The summed E-state index contributed by atoms with van der Waals surface area (Å²) in [5.74, 6) is 0. The normalized spacial score (nSPS) is 19.8. The molecule has 6 N–H and O–H groups in total. The SMILES string of the molecule is CCCC(O)(CC(O)(CCC)P(=O)(O)O)P(=O)(O)O. The van der Waals surface area contributed by atoms with Crippen LogP contribution in [0.5, 0.6) is 0 Å². The van der Waals surface area contributed by atoms with Crippen LogP contribution in [0.2, 0.25) is 0 Å². The van der Waals surface area contributed by atoms with Crippen molar-refractivity contribution in [3.8, 4) is 0 Å². The fourth-order valence-electron chi connectivity index (χ4n) is 1.93. The maximum atomic E-state index is 11.3. The highest BCUT2D eigenvalue weighted by Crippen LogP contribution is 2.62. The molecule has 0 radical (unpaired) electrons. The maximum absolute atomic E-state index is 11.3. The summed E-state index contributed by atoms with van der Waals surface area (Å²) in [6, 6.07) is 0. The third-order valence-electron chi connectivity index (χ3n) is 2.95. The van der Waals surface area contributed by atoms with Crippen molar-refractivity contribution >= 4 is 15.2 Å². The number of hydrogen-bond acceptors (Lipinski definition) is 4. The van der Waals surface area contributed by atoms with Gasteiger partial charge in [0.15, 0.2) is 10.7 Å². The fraction of sp³-hybridized carbons (Fsp3) is 1.00. The summed E-state index contributed by atoms with van der Waals surface area (Å²) in [6.45, 7) is 3.11. The van der Waals surface area contributed by atoms with Crippen LogP contribution in [-0.4, -0.2) is 40.5 Å².